The van der Waals surface area contributed by atoms with Gasteiger partial charge in [0.1, 0.15) is 0 Å². The molecule has 2 nitrogen and oxygen atoms in total. The van der Waals surface area contributed by atoms with Crippen molar-refractivity contribution in [1.82, 2.24) is 0 Å². The van der Waals surface area contributed by atoms with Crippen LogP contribution in [-0.4, -0.2) is 11.1 Å². The number of rotatable bonds is 10. The minimum Gasteiger partial charge on any atom is -2.00 e. The van der Waals surface area contributed by atoms with E-state index in [4.69, 9.17) is 5.11 Å². The third-order valence-corrected chi connectivity index (χ3v) is 2.49. The first-order valence-electron chi connectivity index (χ1n) is 5.99. The first kappa shape index (κ1) is 32.7. The Bertz CT molecular complexity index is 149. The van der Waals surface area contributed by atoms with E-state index in [9.17, 15) is 4.79 Å². The molecule has 0 aromatic rings. The fourth-order valence-corrected chi connectivity index (χ4v) is 1.59. The second-order valence-corrected chi connectivity index (χ2v) is 3.97. The number of carboxylic acids is 1. The molecule has 0 saturated heterocycles. The predicted molar refractivity (Wildman–Crippen MR) is 66.8 cm³/mol. The van der Waals surface area contributed by atoms with Crippen LogP contribution in [0.25, 0.3) is 0 Å². The van der Waals surface area contributed by atoms with E-state index in [1.54, 1.807) is 0 Å². The fraction of sp³-hybridized carbons (Fsp3) is 0.917. The van der Waals surface area contributed by atoms with E-state index < -0.39 is 5.97 Å². The van der Waals surface area contributed by atoms with E-state index in [0.717, 1.165) is 12.8 Å². The molecule has 0 aliphatic carbocycles. The molecule has 0 bridgehead atoms. The van der Waals surface area contributed by atoms with Gasteiger partial charge in [-0.15, -0.1) is 0 Å². The van der Waals surface area contributed by atoms with Crippen molar-refractivity contribution in [2.45, 2.75) is 71.1 Å². The Balaban J connectivity index is -0.000000141. The molecule has 0 spiro atoms. The molecule has 0 radical (unpaired) electrons. The van der Waals surface area contributed by atoms with Gasteiger partial charge in [-0.3, -0.25) is 4.79 Å². The Morgan fingerprint density at radius 1 is 0.778 bits per heavy atom. The number of hydrogen-bond donors (Lipinski definition) is 1. The topological polar surface area (TPSA) is 37.3 Å². The van der Waals surface area contributed by atoms with E-state index in [2.05, 4.69) is 6.92 Å². The zero-order chi connectivity index (χ0) is 10.6. The molecule has 0 aliphatic rings. The first-order valence-corrected chi connectivity index (χ1v) is 5.99. The van der Waals surface area contributed by atoms with Crippen molar-refractivity contribution in [1.29, 1.82) is 0 Å². The molecule has 0 heterocycles. The van der Waals surface area contributed by atoms with Gasteiger partial charge in [-0.2, -0.15) is 0 Å². The number of unbranched alkanes of at least 4 members (excludes halogenated alkanes) is 8. The van der Waals surface area contributed by atoms with E-state index in [1.807, 2.05) is 0 Å². The van der Waals surface area contributed by atoms with Crippen LogP contribution >= 0.6 is 0 Å². The average Bonchev–Trinajstić information content (AvgIpc) is 2.15. The number of carboxylic acid groups (broad SMARTS) is 1. The van der Waals surface area contributed by atoms with E-state index in [-0.39, 0.29) is 102 Å². The maximum Gasteiger partial charge on any atom is 1.00 e. The third-order valence-electron chi connectivity index (χ3n) is 2.49. The molecule has 0 aromatic carbocycles. The molecule has 6 heteroatoms. The van der Waals surface area contributed by atoms with Gasteiger partial charge in [-0.25, -0.2) is 0 Å². The summed E-state index contributed by atoms with van der Waals surface area (Å²) in [6.07, 6.45) is 11.5. The Hall–Kier alpha value is 2.82. The minimum absolute atomic E-state index is 0. The maximum atomic E-state index is 10.2. The molecule has 0 saturated carbocycles. The Morgan fingerprint density at radius 3 is 1.44 bits per heavy atom. The zero-order valence-corrected chi connectivity index (χ0v) is 19.7. The van der Waals surface area contributed by atoms with Crippen LogP contribution in [0.1, 0.15) is 71.1 Å². The predicted octanol–water partition coefficient (Wildman–Crippen LogP) is -5.00. The van der Waals surface area contributed by atoms with E-state index in [0.29, 0.717) is 6.42 Å². The van der Waals surface area contributed by atoms with Crippen molar-refractivity contribution >= 4 is 19.5 Å². The van der Waals surface area contributed by atoms with Crippen molar-refractivity contribution in [2.24, 2.45) is 0 Å². The van der Waals surface area contributed by atoms with Crippen molar-refractivity contribution in [3.8, 4) is 0 Å². The van der Waals surface area contributed by atoms with Gasteiger partial charge in [-0.1, -0.05) is 58.3 Å². The standard InChI is InChI=1S/C12H24O2.3Na.S/c1-2-3-4-5-6-7-8-9-10-11-12(13)14;;;;/h2-11H2,1H3,(H,13,14);;;;/q;3*+1;-2. The second-order valence-electron chi connectivity index (χ2n) is 3.97. The van der Waals surface area contributed by atoms with Gasteiger partial charge in [0.2, 0.25) is 0 Å². The summed E-state index contributed by atoms with van der Waals surface area (Å²) in [6.45, 7) is 2.23. The van der Waals surface area contributed by atoms with Crippen molar-refractivity contribution < 1.29 is 98.6 Å². The first-order chi connectivity index (χ1) is 6.77. The number of hydrogen-bond acceptors (Lipinski definition) is 1. The molecule has 0 rings (SSSR count). The van der Waals surface area contributed by atoms with Gasteiger partial charge >= 0.3 is 94.6 Å². The Morgan fingerprint density at radius 2 is 1.11 bits per heavy atom. The van der Waals surface area contributed by atoms with Gasteiger partial charge < -0.3 is 18.6 Å². The summed E-state index contributed by atoms with van der Waals surface area (Å²) in [4.78, 5) is 10.2. The van der Waals surface area contributed by atoms with E-state index in [1.165, 1.54) is 44.9 Å². The second kappa shape index (κ2) is 28.0. The molecule has 0 fully saturated rings. The summed E-state index contributed by atoms with van der Waals surface area (Å²) in [6, 6.07) is 0. The smallest absolute Gasteiger partial charge is 1.00 e. The third kappa shape index (κ3) is 31.3. The maximum absolute atomic E-state index is 10.2. The van der Waals surface area contributed by atoms with Crippen LogP contribution < -0.4 is 88.7 Å². The Kier molecular flexibility index (Phi) is 50.9. The van der Waals surface area contributed by atoms with Crippen LogP contribution in [0.4, 0.5) is 0 Å². The van der Waals surface area contributed by atoms with Crippen molar-refractivity contribution in [2.75, 3.05) is 0 Å². The molecule has 92 valence electrons. The molecule has 0 aliphatic heterocycles. The van der Waals surface area contributed by atoms with Crippen molar-refractivity contribution in [3.05, 3.63) is 0 Å². The summed E-state index contributed by atoms with van der Waals surface area (Å²) in [5, 5.41) is 8.41. The molecule has 18 heavy (non-hydrogen) atoms. The summed E-state index contributed by atoms with van der Waals surface area (Å²) in [5.41, 5.74) is 0. The van der Waals surface area contributed by atoms with E-state index >= 15 is 0 Å². The molecule has 1 N–H and O–H groups in total. The summed E-state index contributed by atoms with van der Waals surface area (Å²) >= 11 is 0. The Labute approximate surface area is 186 Å². The normalized spacial score (nSPS) is 8.06. The van der Waals surface area contributed by atoms with Crippen molar-refractivity contribution in [3.63, 3.8) is 0 Å². The zero-order valence-electron chi connectivity index (χ0n) is 12.8. The molecular weight excluding hydrogens is 277 g/mol. The van der Waals surface area contributed by atoms with Crippen LogP contribution in [-0.2, 0) is 18.3 Å². The SMILES string of the molecule is CCCCCCCCCCCC(=O)O.[Na+].[Na+].[Na+].[S-2]. The van der Waals surface area contributed by atoms with Gasteiger partial charge in [0.25, 0.3) is 0 Å². The number of aliphatic carboxylic acids is 1. The number of carbonyl (C=O) groups is 1. The molecule has 0 unspecified atom stereocenters. The quantitative estimate of drug-likeness (QED) is 0.324. The molecule has 0 amide bonds. The minimum atomic E-state index is -0.659. The van der Waals surface area contributed by atoms with Crippen LogP contribution in [0.3, 0.4) is 0 Å². The largest absolute Gasteiger partial charge is 2.00 e. The van der Waals surface area contributed by atoms with Crippen LogP contribution in [0.2, 0.25) is 0 Å². The summed E-state index contributed by atoms with van der Waals surface area (Å²) in [5.74, 6) is -0.659. The molecule has 0 aromatic heterocycles. The van der Waals surface area contributed by atoms with Gasteiger partial charge in [0, 0.05) is 6.42 Å². The molecule has 0 atom stereocenters. The fourth-order valence-electron chi connectivity index (χ4n) is 1.59. The van der Waals surface area contributed by atoms with Crippen LogP contribution in [0.15, 0.2) is 0 Å². The van der Waals surface area contributed by atoms with Gasteiger partial charge in [0.15, 0.2) is 0 Å². The average molecular weight is 301 g/mol. The van der Waals surface area contributed by atoms with Crippen LogP contribution in [0.5, 0.6) is 0 Å². The van der Waals surface area contributed by atoms with Gasteiger partial charge in [0.05, 0.1) is 0 Å². The van der Waals surface area contributed by atoms with Gasteiger partial charge in [-0.05, 0) is 6.42 Å². The van der Waals surface area contributed by atoms with Crippen LogP contribution in [0, 0.1) is 0 Å². The molecular formula is C12H24Na3O2S+. The summed E-state index contributed by atoms with van der Waals surface area (Å²) in [7, 11) is 0. The monoisotopic (exact) mass is 301 g/mol. The summed E-state index contributed by atoms with van der Waals surface area (Å²) < 4.78 is 0.